The first kappa shape index (κ1) is 12.5. The minimum absolute atomic E-state index is 0.0592. The Morgan fingerprint density at radius 1 is 1.25 bits per heavy atom. The van der Waals surface area contributed by atoms with E-state index in [1.54, 1.807) is 13.3 Å². The summed E-state index contributed by atoms with van der Waals surface area (Å²) in [7, 11) is 1.64. The highest BCUT2D eigenvalue weighted by Gasteiger charge is 2.22. The largest absolute Gasteiger partial charge is 0.497 e. The average molecular weight is 266 g/mol. The van der Waals surface area contributed by atoms with Gasteiger partial charge < -0.3 is 4.74 Å². The zero-order valence-corrected chi connectivity index (χ0v) is 11.3. The Labute approximate surface area is 117 Å². The lowest BCUT2D eigenvalue weighted by atomic mass is 10.2. The predicted molar refractivity (Wildman–Crippen MR) is 82.1 cm³/mol. The van der Waals surface area contributed by atoms with Crippen molar-refractivity contribution in [2.24, 2.45) is 20.0 Å². The van der Waals surface area contributed by atoms with Gasteiger partial charge in [0.15, 0.2) is 11.7 Å². The molecule has 0 bridgehead atoms. The van der Waals surface area contributed by atoms with E-state index in [1.807, 2.05) is 43.3 Å². The van der Waals surface area contributed by atoms with Gasteiger partial charge in [0.2, 0.25) is 0 Å². The summed E-state index contributed by atoms with van der Waals surface area (Å²) >= 11 is 0. The fraction of sp³-hybridized carbons (Fsp3) is 0.200. The summed E-state index contributed by atoms with van der Waals surface area (Å²) in [4.78, 5) is 17.6. The van der Waals surface area contributed by atoms with E-state index < -0.39 is 0 Å². The van der Waals surface area contributed by atoms with Crippen LogP contribution in [0.2, 0.25) is 0 Å². The number of ether oxygens (including phenoxy) is 1. The van der Waals surface area contributed by atoms with Crippen LogP contribution in [0.3, 0.4) is 0 Å². The van der Waals surface area contributed by atoms with Gasteiger partial charge >= 0.3 is 0 Å². The molecule has 20 heavy (non-hydrogen) atoms. The summed E-state index contributed by atoms with van der Waals surface area (Å²) < 4.78 is 5.12. The van der Waals surface area contributed by atoms with Crippen LogP contribution in [-0.4, -0.2) is 36.7 Å². The van der Waals surface area contributed by atoms with Crippen LogP contribution in [0.5, 0.6) is 5.75 Å². The highest BCUT2D eigenvalue weighted by Crippen LogP contribution is 2.19. The molecule has 0 amide bonds. The van der Waals surface area contributed by atoms with Gasteiger partial charge in [0.05, 0.1) is 18.5 Å². The zero-order chi connectivity index (χ0) is 13.9. The van der Waals surface area contributed by atoms with Gasteiger partial charge in [-0.05, 0) is 37.3 Å². The number of hydrogen-bond acceptors (Lipinski definition) is 5. The molecule has 1 aromatic carbocycles. The van der Waals surface area contributed by atoms with Crippen LogP contribution in [0.1, 0.15) is 6.92 Å². The summed E-state index contributed by atoms with van der Waals surface area (Å²) in [5, 5.41) is 0. The van der Waals surface area contributed by atoms with E-state index in [1.165, 1.54) is 0 Å². The van der Waals surface area contributed by atoms with Crippen LogP contribution in [0.25, 0.3) is 0 Å². The highest BCUT2D eigenvalue weighted by molar-refractivity contribution is 6.44. The molecule has 1 atom stereocenters. The summed E-state index contributed by atoms with van der Waals surface area (Å²) in [6.07, 6.45) is 5.58. The van der Waals surface area contributed by atoms with Crippen molar-refractivity contribution in [2.45, 2.75) is 13.0 Å². The van der Waals surface area contributed by atoms with Crippen molar-refractivity contribution < 1.29 is 4.74 Å². The molecule has 2 aliphatic heterocycles. The van der Waals surface area contributed by atoms with E-state index in [0.29, 0.717) is 5.84 Å². The Hall–Kier alpha value is -2.56. The van der Waals surface area contributed by atoms with Crippen LogP contribution >= 0.6 is 0 Å². The molecule has 3 rings (SSSR count). The van der Waals surface area contributed by atoms with Crippen molar-refractivity contribution in [1.29, 1.82) is 0 Å². The summed E-state index contributed by atoms with van der Waals surface area (Å²) in [6.45, 7) is 1.90. The Bertz CT molecular complexity index is 666. The molecule has 0 radical (unpaired) electrons. The first-order valence-corrected chi connectivity index (χ1v) is 6.33. The van der Waals surface area contributed by atoms with Crippen molar-refractivity contribution >= 4 is 29.3 Å². The molecule has 0 fully saturated rings. The number of hydrogen-bond donors (Lipinski definition) is 0. The van der Waals surface area contributed by atoms with Gasteiger partial charge in [0, 0.05) is 6.21 Å². The van der Waals surface area contributed by atoms with Gasteiger partial charge in [-0.3, -0.25) is 0 Å². The summed E-state index contributed by atoms with van der Waals surface area (Å²) in [6, 6.07) is 7.49. The number of allylic oxidation sites excluding steroid dienone is 1. The minimum Gasteiger partial charge on any atom is -0.497 e. The standard InChI is InChI=1S/C15H14N4O/c1-10(17-11-5-7-12(20-2)8-6-11)14-18-13-4-3-9-16-15(13)19-14/h3-9,13H,1-2H3. The number of rotatable bonds is 3. The molecule has 0 aromatic heterocycles. The molecule has 0 saturated heterocycles. The summed E-state index contributed by atoms with van der Waals surface area (Å²) in [5.74, 6) is 2.18. The van der Waals surface area contributed by atoms with E-state index in [4.69, 9.17) is 4.74 Å². The number of aliphatic imine (C=N–C) groups is 4. The zero-order valence-electron chi connectivity index (χ0n) is 11.3. The molecule has 0 spiro atoms. The van der Waals surface area contributed by atoms with Gasteiger partial charge in [-0.2, -0.15) is 0 Å². The Balaban J connectivity index is 1.83. The number of fused-ring (bicyclic) bond motifs is 1. The molecule has 1 unspecified atom stereocenters. The Morgan fingerprint density at radius 2 is 2.05 bits per heavy atom. The quantitative estimate of drug-likeness (QED) is 0.776. The van der Waals surface area contributed by atoms with Crippen molar-refractivity contribution in [3.63, 3.8) is 0 Å². The average Bonchev–Trinajstić information content (AvgIpc) is 2.92. The molecular formula is C15H14N4O. The predicted octanol–water partition coefficient (Wildman–Crippen LogP) is 2.61. The van der Waals surface area contributed by atoms with Gasteiger partial charge in [-0.25, -0.2) is 20.0 Å². The van der Waals surface area contributed by atoms with Gasteiger partial charge in [-0.15, -0.1) is 0 Å². The van der Waals surface area contributed by atoms with E-state index in [9.17, 15) is 0 Å². The smallest absolute Gasteiger partial charge is 0.172 e. The van der Waals surface area contributed by atoms with Crippen LogP contribution in [0.4, 0.5) is 5.69 Å². The Kier molecular flexibility index (Phi) is 3.25. The molecular weight excluding hydrogens is 252 g/mol. The van der Waals surface area contributed by atoms with Crippen molar-refractivity contribution in [1.82, 2.24) is 0 Å². The topological polar surface area (TPSA) is 58.7 Å². The molecule has 2 aliphatic rings. The van der Waals surface area contributed by atoms with E-state index in [-0.39, 0.29) is 6.04 Å². The van der Waals surface area contributed by atoms with Gasteiger partial charge in [0.25, 0.3) is 0 Å². The first-order chi connectivity index (χ1) is 9.76. The van der Waals surface area contributed by atoms with Crippen LogP contribution in [-0.2, 0) is 0 Å². The fourth-order valence-corrected chi connectivity index (χ4v) is 1.98. The van der Waals surface area contributed by atoms with Crippen LogP contribution < -0.4 is 4.74 Å². The third kappa shape index (κ3) is 2.42. The van der Waals surface area contributed by atoms with Crippen molar-refractivity contribution in [2.75, 3.05) is 7.11 Å². The van der Waals surface area contributed by atoms with Crippen LogP contribution in [0.15, 0.2) is 56.4 Å². The second-order valence-corrected chi connectivity index (χ2v) is 4.43. The van der Waals surface area contributed by atoms with Crippen molar-refractivity contribution in [3.8, 4) is 5.75 Å². The second-order valence-electron chi connectivity index (χ2n) is 4.43. The molecule has 5 heteroatoms. The minimum atomic E-state index is -0.0592. The molecule has 1 aromatic rings. The molecule has 0 saturated carbocycles. The summed E-state index contributed by atoms with van der Waals surface area (Å²) in [5.41, 5.74) is 1.63. The maximum atomic E-state index is 5.12. The maximum absolute atomic E-state index is 5.12. The third-order valence-electron chi connectivity index (χ3n) is 3.03. The fourth-order valence-electron chi connectivity index (χ4n) is 1.98. The van der Waals surface area contributed by atoms with E-state index >= 15 is 0 Å². The first-order valence-electron chi connectivity index (χ1n) is 6.33. The monoisotopic (exact) mass is 266 g/mol. The SMILES string of the molecule is COc1ccc(N=C(C)C2=NC3C=CC=NC3=N2)cc1. The number of amidine groups is 2. The molecule has 100 valence electrons. The maximum Gasteiger partial charge on any atom is 0.172 e. The lowest BCUT2D eigenvalue weighted by Gasteiger charge is -2.02. The number of nitrogens with zero attached hydrogens (tertiary/aromatic N) is 4. The number of methoxy groups -OCH3 is 1. The normalized spacial score (nSPS) is 20.5. The van der Waals surface area contributed by atoms with Crippen LogP contribution in [0, 0.1) is 0 Å². The molecule has 5 nitrogen and oxygen atoms in total. The van der Waals surface area contributed by atoms with E-state index in [0.717, 1.165) is 23.0 Å². The highest BCUT2D eigenvalue weighted by atomic mass is 16.5. The lowest BCUT2D eigenvalue weighted by Crippen LogP contribution is -2.12. The molecule has 2 heterocycles. The number of dihydropyridines is 1. The second kappa shape index (κ2) is 5.21. The third-order valence-corrected chi connectivity index (χ3v) is 3.03. The molecule has 0 N–H and O–H groups in total. The van der Waals surface area contributed by atoms with Gasteiger partial charge in [0.1, 0.15) is 11.8 Å². The van der Waals surface area contributed by atoms with E-state index in [2.05, 4.69) is 20.0 Å². The molecule has 0 aliphatic carbocycles. The van der Waals surface area contributed by atoms with Gasteiger partial charge in [-0.1, -0.05) is 6.08 Å². The number of benzene rings is 1. The Morgan fingerprint density at radius 3 is 2.75 bits per heavy atom. The van der Waals surface area contributed by atoms with Crippen molar-refractivity contribution in [3.05, 3.63) is 36.4 Å². The lowest BCUT2D eigenvalue weighted by molar-refractivity contribution is 0.415.